The Bertz CT molecular complexity index is 533. The number of hydrogen-bond acceptors (Lipinski definition) is 3. The molecule has 2 aliphatic heterocycles. The highest BCUT2D eigenvalue weighted by Crippen LogP contribution is 2.33. The molecule has 0 radical (unpaired) electrons. The molecule has 0 saturated carbocycles. The maximum Gasteiger partial charge on any atom is 0.449 e. The minimum atomic E-state index is -4.55. The molecule has 110 valence electrons. The molecule has 0 aliphatic carbocycles. The molecule has 3 heterocycles. The third kappa shape index (κ3) is 2.17. The first kappa shape index (κ1) is 13.4. The molecule has 0 aromatic carbocycles. The number of amides is 1. The first-order valence-electron chi connectivity index (χ1n) is 6.60. The fraction of sp³-hybridized carbons (Fsp3) is 0.667. The van der Waals surface area contributed by atoms with Gasteiger partial charge in [-0.05, 0) is 25.7 Å². The van der Waals surface area contributed by atoms with Crippen LogP contribution in [0, 0.1) is 0 Å². The molecule has 1 fully saturated rings. The summed E-state index contributed by atoms with van der Waals surface area (Å²) in [6.07, 6.45) is -1.98. The highest BCUT2D eigenvalue weighted by molar-refractivity contribution is 5.93. The molecular weight excluding hydrogens is 275 g/mol. The summed E-state index contributed by atoms with van der Waals surface area (Å²) < 4.78 is 40.1. The summed E-state index contributed by atoms with van der Waals surface area (Å²) >= 11 is 0. The maximum absolute atomic E-state index is 13.0. The second-order valence-corrected chi connectivity index (χ2v) is 4.93. The fourth-order valence-electron chi connectivity index (χ4n) is 2.66. The van der Waals surface area contributed by atoms with E-state index in [0.717, 1.165) is 16.1 Å². The predicted molar refractivity (Wildman–Crippen MR) is 61.8 cm³/mol. The van der Waals surface area contributed by atoms with Gasteiger partial charge < -0.3 is 4.57 Å². The zero-order valence-electron chi connectivity index (χ0n) is 10.7. The van der Waals surface area contributed by atoms with Crippen molar-refractivity contribution in [2.24, 2.45) is 0 Å². The molecule has 0 atom stereocenters. The van der Waals surface area contributed by atoms with Gasteiger partial charge in [0.25, 0.3) is 5.91 Å². The van der Waals surface area contributed by atoms with E-state index in [1.54, 1.807) is 0 Å². The quantitative estimate of drug-likeness (QED) is 0.794. The Kier molecular flexibility index (Phi) is 3.19. The Morgan fingerprint density at radius 3 is 2.65 bits per heavy atom. The van der Waals surface area contributed by atoms with Crippen molar-refractivity contribution in [1.82, 2.24) is 14.6 Å². The number of fused-ring (bicyclic) bond motifs is 1. The first-order valence-corrected chi connectivity index (χ1v) is 6.60. The van der Waals surface area contributed by atoms with Gasteiger partial charge in [0.2, 0.25) is 5.82 Å². The number of rotatable bonds is 1. The lowest BCUT2D eigenvalue weighted by Gasteiger charge is -2.18. The van der Waals surface area contributed by atoms with Gasteiger partial charge in [0, 0.05) is 6.54 Å². The zero-order valence-corrected chi connectivity index (χ0v) is 10.7. The van der Waals surface area contributed by atoms with E-state index >= 15 is 0 Å². The van der Waals surface area contributed by atoms with Gasteiger partial charge in [-0.15, -0.1) is 0 Å². The van der Waals surface area contributed by atoms with Gasteiger partial charge in [0.15, 0.2) is 5.69 Å². The number of carbonyl (C=O) groups is 1. The molecule has 1 aromatic rings. The minimum absolute atomic E-state index is 0.112. The van der Waals surface area contributed by atoms with Gasteiger partial charge in [-0.3, -0.25) is 9.63 Å². The molecule has 1 saturated heterocycles. The summed E-state index contributed by atoms with van der Waals surface area (Å²) in [7, 11) is 0. The number of imidazole rings is 1. The molecule has 1 amide bonds. The molecule has 0 N–H and O–H groups in total. The van der Waals surface area contributed by atoms with Gasteiger partial charge >= 0.3 is 6.18 Å². The van der Waals surface area contributed by atoms with E-state index in [4.69, 9.17) is 4.84 Å². The van der Waals surface area contributed by atoms with Crippen LogP contribution in [0.25, 0.3) is 0 Å². The summed E-state index contributed by atoms with van der Waals surface area (Å²) in [5.74, 6) is -1.54. The molecule has 20 heavy (non-hydrogen) atoms. The lowest BCUT2D eigenvalue weighted by atomic mass is 10.1. The highest BCUT2D eigenvalue weighted by Gasteiger charge is 2.41. The Morgan fingerprint density at radius 2 is 2.00 bits per heavy atom. The molecule has 0 bridgehead atoms. The second kappa shape index (κ2) is 4.76. The highest BCUT2D eigenvalue weighted by atomic mass is 19.4. The fourth-order valence-corrected chi connectivity index (χ4v) is 2.66. The molecule has 0 spiro atoms. The van der Waals surface area contributed by atoms with Crippen LogP contribution in [0.1, 0.15) is 41.3 Å². The van der Waals surface area contributed by atoms with Crippen LogP contribution in [0.15, 0.2) is 0 Å². The Labute approximate surface area is 113 Å². The Morgan fingerprint density at radius 1 is 1.20 bits per heavy atom. The van der Waals surface area contributed by atoms with E-state index in [2.05, 4.69) is 4.98 Å². The number of aromatic nitrogens is 2. The first-order chi connectivity index (χ1) is 9.48. The van der Waals surface area contributed by atoms with E-state index in [1.165, 1.54) is 0 Å². The lowest BCUT2D eigenvalue weighted by Crippen LogP contribution is -2.28. The van der Waals surface area contributed by atoms with Crippen molar-refractivity contribution >= 4 is 5.91 Å². The Balaban J connectivity index is 2.02. The number of nitrogens with zero attached hydrogens (tertiary/aromatic N) is 3. The van der Waals surface area contributed by atoms with E-state index in [-0.39, 0.29) is 12.2 Å². The molecule has 0 unspecified atom stereocenters. The smallest absolute Gasteiger partial charge is 0.324 e. The SMILES string of the molecule is O=C(c1nc(C(F)(F)F)n2c1CCCC2)N1CCCO1. The summed E-state index contributed by atoms with van der Waals surface area (Å²) in [4.78, 5) is 20.9. The number of carbonyl (C=O) groups excluding carboxylic acids is 1. The minimum Gasteiger partial charge on any atom is -0.324 e. The van der Waals surface area contributed by atoms with Gasteiger partial charge in [-0.2, -0.15) is 13.2 Å². The molecule has 3 rings (SSSR count). The van der Waals surface area contributed by atoms with Crippen LogP contribution in [-0.2, 0) is 24.0 Å². The van der Waals surface area contributed by atoms with Crippen molar-refractivity contribution in [3.05, 3.63) is 17.2 Å². The van der Waals surface area contributed by atoms with Crippen LogP contribution in [-0.4, -0.2) is 33.7 Å². The molecule has 1 aromatic heterocycles. The third-order valence-corrected chi connectivity index (χ3v) is 3.55. The molecular formula is C12H14F3N3O2. The van der Waals surface area contributed by atoms with E-state index in [9.17, 15) is 18.0 Å². The van der Waals surface area contributed by atoms with Crippen LogP contribution in [0.5, 0.6) is 0 Å². The van der Waals surface area contributed by atoms with Crippen molar-refractivity contribution in [2.45, 2.75) is 38.4 Å². The average molecular weight is 289 g/mol. The number of halogens is 3. The number of hydrogen-bond donors (Lipinski definition) is 0. The van der Waals surface area contributed by atoms with Gasteiger partial charge in [-0.25, -0.2) is 10.0 Å². The third-order valence-electron chi connectivity index (χ3n) is 3.55. The topological polar surface area (TPSA) is 47.4 Å². The number of hydroxylamine groups is 2. The summed E-state index contributed by atoms with van der Waals surface area (Å²) in [6, 6.07) is 0. The summed E-state index contributed by atoms with van der Waals surface area (Å²) in [5.41, 5.74) is 0.267. The largest absolute Gasteiger partial charge is 0.449 e. The standard InChI is InChI=1S/C12H14F3N3O2/c13-12(14,15)11-16-9(8-4-1-2-5-17(8)11)10(19)18-6-3-7-20-18/h1-7H2. The van der Waals surface area contributed by atoms with Crippen LogP contribution in [0.3, 0.4) is 0 Å². The monoisotopic (exact) mass is 289 g/mol. The van der Waals surface area contributed by atoms with Crippen LogP contribution in [0.2, 0.25) is 0 Å². The van der Waals surface area contributed by atoms with Crippen molar-refractivity contribution in [2.75, 3.05) is 13.2 Å². The number of alkyl halides is 3. The predicted octanol–water partition coefficient (Wildman–Crippen LogP) is 2.02. The van der Waals surface area contributed by atoms with Crippen LogP contribution in [0.4, 0.5) is 13.2 Å². The molecule has 5 nitrogen and oxygen atoms in total. The summed E-state index contributed by atoms with van der Waals surface area (Å²) in [6.45, 7) is 1.06. The molecule has 8 heteroatoms. The van der Waals surface area contributed by atoms with Gasteiger partial charge in [0.1, 0.15) is 0 Å². The normalized spacial score (nSPS) is 19.2. The van der Waals surface area contributed by atoms with Crippen molar-refractivity contribution < 1.29 is 22.8 Å². The van der Waals surface area contributed by atoms with Crippen molar-refractivity contribution in [3.63, 3.8) is 0 Å². The van der Waals surface area contributed by atoms with Crippen molar-refractivity contribution in [1.29, 1.82) is 0 Å². The lowest BCUT2D eigenvalue weighted by molar-refractivity contribution is -0.147. The van der Waals surface area contributed by atoms with Gasteiger partial charge in [0.05, 0.1) is 18.8 Å². The second-order valence-electron chi connectivity index (χ2n) is 4.93. The van der Waals surface area contributed by atoms with E-state index < -0.39 is 17.9 Å². The molecule has 2 aliphatic rings. The Hall–Kier alpha value is -1.57. The zero-order chi connectivity index (χ0) is 14.3. The maximum atomic E-state index is 13.0. The van der Waals surface area contributed by atoms with E-state index in [1.807, 2.05) is 0 Å². The van der Waals surface area contributed by atoms with Crippen LogP contribution < -0.4 is 0 Å². The average Bonchev–Trinajstić information content (AvgIpc) is 3.05. The van der Waals surface area contributed by atoms with Crippen LogP contribution >= 0.6 is 0 Å². The van der Waals surface area contributed by atoms with E-state index in [0.29, 0.717) is 38.1 Å². The van der Waals surface area contributed by atoms with Gasteiger partial charge in [-0.1, -0.05) is 0 Å². The van der Waals surface area contributed by atoms with Crippen molar-refractivity contribution in [3.8, 4) is 0 Å². The summed E-state index contributed by atoms with van der Waals surface area (Å²) in [5, 5.41) is 1.11.